The van der Waals surface area contributed by atoms with Crippen LogP contribution in [0.4, 0.5) is 5.69 Å². The molecule has 1 rings (SSSR count). The Morgan fingerprint density at radius 2 is 1.58 bits per heavy atom. The maximum atomic E-state index is 11.3. The lowest BCUT2D eigenvalue weighted by Gasteiger charge is -2.07. The first-order valence-corrected chi connectivity index (χ1v) is 6.49. The molecule has 0 bridgehead atoms. The molecule has 0 radical (unpaired) electrons. The van der Waals surface area contributed by atoms with E-state index < -0.39 is 0 Å². The second kappa shape index (κ2) is 12.6. The van der Waals surface area contributed by atoms with Gasteiger partial charge in [-0.2, -0.15) is 0 Å². The van der Waals surface area contributed by atoms with Crippen LogP contribution >= 0.6 is 0 Å². The summed E-state index contributed by atoms with van der Waals surface area (Å²) in [5, 5.41) is 5.08. The molecular weight excluding hydrogens is 240 g/mol. The molecule has 4 heteroatoms. The topological polar surface area (TPSA) is 58.2 Å². The van der Waals surface area contributed by atoms with Crippen LogP contribution in [0.15, 0.2) is 24.3 Å². The molecule has 0 fully saturated rings. The van der Waals surface area contributed by atoms with Crippen molar-refractivity contribution >= 4 is 18.0 Å². The minimum atomic E-state index is 0.0290. The number of anilines is 1. The van der Waals surface area contributed by atoms with Crippen LogP contribution in [0.1, 0.15) is 33.3 Å². The van der Waals surface area contributed by atoms with Crippen LogP contribution in [-0.2, 0) is 9.59 Å². The molecule has 0 saturated carbocycles. The van der Waals surface area contributed by atoms with E-state index in [1.54, 1.807) is 7.05 Å². The molecule has 2 N–H and O–H groups in total. The molecule has 0 atom stereocenters. The van der Waals surface area contributed by atoms with Crippen molar-refractivity contribution in [1.82, 2.24) is 5.32 Å². The summed E-state index contributed by atoms with van der Waals surface area (Å²) in [5.41, 5.74) is 2.06. The van der Waals surface area contributed by atoms with Gasteiger partial charge in [-0.15, -0.1) is 0 Å². The Balaban J connectivity index is 0. The van der Waals surface area contributed by atoms with Gasteiger partial charge in [-0.3, -0.25) is 9.59 Å². The number of carbonyl (C=O) groups is 2. The molecule has 0 aliphatic heterocycles. The molecule has 0 aliphatic carbocycles. The zero-order valence-electron chi connectivity index (χ0n) is 12.8. The molecule has 0 unspecified atom stereocenters. The van der Waals surface area contributed by atoms with E-state index in [-0.39, 0.29) is 11.8 Å². The average Bonchev–Trinajstić information content (AvgIpc) is 2.43. The monoisotopic (exact) mass is 266 g/mol. The molecule has 108 valence electrons. The predicted molar refractivity (Wildman–Crippen MR) is 81.1 cm³/mol. The fraction of sp³-hybridized carbons (Fsp3) is 0.467. The van der Waals surface area contributed by atoms with Crippen LogP contribution in [0, 0.1) is 12.8 Å². The third-order valence-corrected chi connectivity index (χ3v) is 1.96. The summed E-state index contributed by atoms with van der Waals surface area (Å²) < 4.78 is 0. The molecule has 0 saturated heterocycles. The van der Waals surface area contributed by atoms with Gasteiger partial charge in [0.25, 0.3) is 0 Å². The van der Waals surface area contributed by atoms with E-state index in [0.717, 1.165) is 5.69 Å². The molecule has 2 amide bonds. The fourth-order valence-corrected chi connectivity index (χ4v) is 0.923. The minimum absolute atomic E-state index is 0.0290. The van der Waals surface area contributed by atoms with Crippen molar-refractivity contribution in [2.45, 2.75) is 34.6 Å². The Labute approximate surface area is 116 Å². The van der Waals surface area contributed by atoms with Crippen molar-refractivity contribution in [3.05, 3.63) is 29.8 Å². The second-order valence-electron chi connectivity index (χ2n) is 3.92. The molecule has 1 aromatic carbocycles. The van der Waals surface area contributed by atoms with Gasteiger partial charge in [-0.1, -0.05) is 45.4 Å². The smallest absolute Gasteiger partial charge is 0.226 e. The molecule has 1 aromatic rings. The largest absolute Gasteiger partial charge is 0.362 e. The Morgan fingerprint density at radius 3 is 1.89 bits per heavy atom. The van der Waals surface area contributed by atoms with Crippen LogP contribution in [0.25, 0.3) is 0 Å². The van der Waals surface area contributed by atoms with Crippen LogP contribution in [-0.4, -0.2) is 19.4 Å². The van der Waals surface area contributed by atoms with Gasteiger partial charge in [-0.05, 0) is 19.1 Å². The lowest BCUT2D eigenvalue weighted by Crippen LogP contribution is -2.17. The predicted octanol–water partition coefficient (Wildman–Crippen LogP) is 2.98. The minimum Gasteiger partial charge on any atom is -0.362 e. The standard InChI is InChI=1S/C11H15NO.C2H5NO.C2H6/c1-8(2)11(13)12-10-6-4-9(3)5-7-10;1-3-2-4;1-2/h4-8H,1-3H3,(H,12,13);2H,1H3,(H,3,4);1-2H3. The first-order valence-electron chi connectivity index (χ1n) is 6.49. The fourth-order valence-electron chi connectivity index (χ4n) is 0.923. The van der Waals surface area contributed by atoms with Crippen molar-refractivity contribution < 1.29 is 9.59 Å². The van der Waals surface area contributed by atoms with E-state index in [1.165, 1.54) is 5.56 Å². The van der Waals surface area contributed by atoms with E-state index in [9.17, 15) is 4.79 Å². The first-order chi connectivity index (χ1) is 9.01. The molecular formula is C15H26N2O2. The average molecular weight is 266 g/mol. The Bertz CT molecular complexity index is 346. The van der Waals surface area contributed by atoms with Gasteiger partial charge in [0.2, 0.25) is 12.3 Å². The summed E-state index contributed by atoms with van der Waals surface area (Å²) in [6.07, 6.45) is 0.625. The second-order valence-corrected chi connectivity index (χ2v) is 3.92. The van der Waals surface area contributed by atoms with Gasteiger partial charge in [0.15, 0.2) is 0 Å². The number of aryl methyl sites for hydroxylation is 1. The van der Waals surface area contributed by atoms with Gasteiger partial charge >= 0.3 is 0 Å². The summed E-state index contributed by atoms with van der Waals surface area (Å²) >= 11 is 0. The van der Waals surface area contributed by atoms with Crippen LogP contribution in [0.5, 0.6) is 0 Å². The highest BCUT2D eigenvalue weighted by Crippen LogP contribution is 2.09. The van der Waals surface area contributed by atoms with Gasteiger partial charge in [0, 0.05) is 18.7 Å². The van der Waals surface area contributed by atoms with Gasteiger partial charge in [0.05, 0.1) is 0 Å². The quantitative estimate of drug-likeness (QED) is 0.826. The number of hydrogen-bond donors (Lipinski definition) is 2. The number of carbonyl (C=O) groups excluding carboxylic acids is 2. The van der Waals surface area contributed by atoms with E-state index in [1.807, 2.05) is 58.9 Å². The molecule has 0 spiro atoms. The number of nitrogens with one attached hydrogen (secondary N) is 2. The SMILES string of the molecule is CC.CNC=O.Cc1ccc(NC(=O)C(C)C)cc1. The van der Waals surface area contributed by atoms with Crippen LogP contribution < -0.4 is 10.6 Å². The molecule has 0 aliphatic rings. The zero-order valence-corrected chi connectivity index (χ0v) is 12.8. The third kappa shape index (κ3) is 11.0. The molecule has 19 heavy (non-hydrogen) atoms. The summed E-state index contributed by atoms with van der Waals surface area (Å²) in [5.74, 6) is 0.0881. The summed E-state index contributed by atoms with van der Waals surface area (Å²) in [7, 11) is 1.56. The van der Waals surface area contributed by atoms with E-state index in [2.05, 4.69) is 10.6 Å². The van der Waals surface area contributed by atoms with E-state index in [4.69, 9.17) is 4.79 Å². The molecule has 0 heterocycles. The van der Waals surface area contributed by atoms with E-state index >= 15 is 0 Å². The van der Waals surface area contributed by atoms with Gasteiger partial charge in [0.1, 0.15) is 0 Å². The highest BCUT2D eigenvalue weighted by Gasteiger charge is 2.05. The number of hydrogen-bond acceptors (Lipinski definition) is 2. The molecule has 4 nitrogen and oxygen atoms in total. The normalized spacial score (nSPS) is 8.37. The maximum Gasteiger partial charge on any atom is 0.226 e. The van der Waals surface area contributed by atoms with Crippen LogP contribution in [0.2, 0.25) is 0 Å². The van der Waals surface area contributed by atoms with Gasteiger partial charge < -0.3 is 10.6 Å². The van der Waals surface area contributed by atoms with Crippen molar-refractivity contribution in [3.8, 4) is 0 Å². The number of benzene rings is 1. The lowest BCUT2D eigenvalue weighted by molar-refractivity contribution is -0.118. The maximum absolute atomic E-state index is 11.3. The number of rotatable bonds is 3. The lowest BCUT2D eigenvalue weighted by atomic mass is 10.2. The van der Waals surface area contributed by atoms with Crippen LogP contribution in [0.3, 0.4) is 0 Å². The highest BCUT2D eigenvalue weighted by molar-refractivity contribution is 5.91. The van der Waals surface area contributed by atoms with Crippen molar-refractivity contribution in [3.63, 3.8) is 0 Å². The van der Waals surface area contributed by atoms with Crippen molar-refractivity contribution in [1.29, 1.82) is 0 Å². The third-order valence-electron chi connectivity index (χ3n) is 1.96. The Kier molecular flexibility index (Phi) is 12.9. The zero-order chi connectivity index (χ0) is 15.3. The van der Waals surface area contributed by atoms with Gasteiger partial charge in [-0.25, -0.2) is 0 Å². The summed E-state index contributed by atoms with van der Waals surface area (Å²) in [6.45, 7) is 9.78. The first kappa shape index (κ1) is 19.5. The Morgan fingerprint density at radius 1 is 1.16 bits per heavy atom. The van der Waals surface area contributed by atoms with Crippen molar-refractivity contribution in [2.24, 2.45) is 5.92 Å². The number of amides is 2. The Hall–Kier alpha value is -1.84. The summed E-state index contributed by atoms with van der Waals surface area (Å²) in [6, 6.07) is 7.79. The van der Waals surface area contributed by atoms with E-state index in [0.29, 0.717) is 6.41 Å². The van der Waals surface area contributed by atoms with Crippen molar-refractivity contribution in [2.75, 3.05) is 12.4 Å². The highest BCUT2D eigenvalue weighted by atomic mass is 16.1. The molecule has 0 aromatic heterocycles. The summed E-state index contributed by atoms with van der Waals surface area (Å²) in [4.78, 5) is 20.3.